The van der Waals surface area contributed by atoms with Gasteiger partial charge in [-0.1, -0.05) is 19.8 Å². The van der Waals surface area contributed by atoms with Gasteiger partial charge in [-0.2, -0.15) is 0 Å². The quantitative estimate of drug-likeness (QED) is 0.785. The molecule has 1 saturated heterocycles. The number of rotatable bonds is 6. The predicted octanol–water partition coefficient (Wildman–Crippen LogP) is 2.32. The lowest BCUT2D eigenvalue weighted by Gasteiger charge is -2.31. The average Bonchev–Trinajstić information content (AvgIpc) is 2.55. The third kappa shape index (κ3) is 5.54. The highest BCUT2D eigenvalue weighted by Crippen LogP contribution is 2.23. The van der Waals surface area contributed by atoms with E-state index in [1.54, 1.807) is 0 Å². The fourth-order valence-electron chi connectivity index (χ4n) is 3.39. The van der Waals surface area contributed by atoms with Crippen LogP contribution in [0.4, 0.5) is 4.79 Å². The standard InChI is InChI=1S/C16H30N2O3S/c1-2-22(20)15-9-4-3-8-14(15)18-16(19)17-11-10-13-7-5-6-12-21-13/h13-15H,2-12H2,1H3,(H2,17,18,19)/t13-,14-,15+,22+/m0/s1. The van der Waals surface area contributed by atoms with Crippen LogP contribution in [-0.4, -0.2) is 46.5 Å². The molecule has 1 heterocycles. The highest BCUT2D eigenvalue weighted by Gasteiger charge is 2.30. The summed E-state index contributed by atoms with van der Waals surface area (Å²) in [6, 6.07) is -0.0683. The lowest BCUT2D eigenvalue weighted by Crippen LogP contribution is -2.50. The number of hydrogen-bond donors (Lipinski definition) is 2. The Morgan fingerprint density at radius 3 is 2.68 bits per heavy atom. The van der Waals surface area contributed by atoms with E-state index in [4.69, 9.17) is 4.74 Å². The van der Waals surface area contributed by atoms with Gasteiger partial charge in [0.1, 0.15) is 0 Å². The number of nitrogens with one attached hydrogen (secondary N) is 2. The van der Waals surface area contributed by atoms with E-state index in [-0.39, 0.29) is 17.3 Å². The molecule has 0 unspecified atom stereocenters. The van der Waals surface area contributed by atoms with Crippen LogP contribution in [0.5, 0.6) is 0 Å². The van der Waals surface area contributed by atoms with Crippen molar-refractivity contribution >= 4 is 16.8 Å². The molecule has 0 bridgehead atoms. The summed E-state index contributed by atoms with van der Waals surface area (Å²) < 4.78 is 17.8. The van der Waals surface area contributed by atoms with Crippen molar-refractivity contribution in [2.75, 3.05) is 18.9 Å². The van der Waals surface area contributed by atoms with E-state index in [9.17, 15) is 9.00 Å². The van der Waals surface area contributed by atoms with Crippen molar-refractivity contribution in [2.45, 2.75) is 75.7 Å². The Bertz CT molecular complexity index is 372. The smallest absolute Gasteiger partial charge is 0.315 e. The van der Waals surface area contributed by atoms with Gasteiger partial charge in [0.2, 0.25) is 0 Å². The second kappa shape index (κ2) is 9.50. The maximum atomic E-state index is 12.1. The molecule has 0 aromatic rings. The van der Waals surface area contributed by atoms with Gasteiger partial charge in [-0.05, 0) is 38.5 Å². The molecule has 2 aliphatic rings. The van der Waals surface area contributed by atoms with Gasteiger partial charge in [0.05, 0.1) is 11.4 Å². The van der Waals surface area contributed by atoms with Gasteiger partial charge >= 0.3 is 6.03 Å². The highest BCUT2D eigenvalue weighted by molar-refractivity contribution is 7.85. The normalized spacial score (nSPS) is 30.5. The van der Waals surface area contributed by atoms with Crippen LogP contribution in [0, 0.1) is 0 Å². The van der Waals surface area contributed by atoms with Crippen LogP contribution >= 0.6 is 0 Å². The molecule has 0 radical (unpaired) electrons. The second-order valence-electron chi connectivity index (χ2n) is 6.28. The van der Waals surface area contributed by atoms with Crippen molar-refractivity contribution in [2.24, 2.45) is 0 Å². The fourth-order valence-corrected chi connectivity index (χ4v) is 4.82. The van der Waals surface area contributed by atoms with Crippen LogP contribution < -0.4 is 10.6 Å². The van der Waals surface area contributed by atoms with E-state index < -0.39 is 10.8 Å². The molecule has 0 aromatic heterocycles. The zero-order valence-corrected chi connectivity index (χ0v) is 14.5. The summed E-state index contributed by atoms with van der Waals surface area (Å²) >= 11 is 0. The van der Waals surface area contributed by atoms with Crippen molar-refractivity contribution in [3.63, 3.8) is 0 Å². The number of hydrogen-bond acceptors (Lipinski definition) is 3. The molecule has 2 amide bonds. The van der Waals surface area contributed by atoms with Gasteiger partial charge in [-0.3, -0.25) is 4.21 Å². The Kier molecular flexibility index (Phi) is 7.66. The Balaban J connectivity index is 1.69. The molecule has 22 heavy (non-hydrogen) atoms. The van der Waals surface area contributed by atoms with Gasteiger partial charge in [-0.15, -0.1) is 0 Å². The third-order valence-electron chi connectivity index (χ3n) is 4.67. The molecule has 1 aliphatic carbocycles. The van der Waals surface area contributed by atoms with Crippen LogP contribution in [0.15, 0.2) is 0 Å². The molecule has 0 spiro atoms. The van der Waals surface area contributed by atoms with Crippen LogP contribution in [0.2, 0.25) is 0 Å². The summed E-state index contributed by atoms with van der Waals surface area (Å²) in [5.74, 6) is 0.670. The summed E-state index contributed by atoms with van der Waals surface area (Å²) in [5, 5.41) is 6.08. The van der Waals surface area contributed by atoms with Gasteiger partial charge < -0.3 is 15.4 Å². The van der Waals surface area contributed by atoms with Crippen LogP contribution in [0.25, 0.3) is 0 Å². The highest BCUT2D eigenvalue weighted by atomic mass is 32.2. The van der Waals surface area contributed by atoms with E-state index in [1.807, 2.05) is 6.92 Å². The molecule has 128 valence electrons. The van der Waals surface area contributed by atoms with Crippen molar-refractivity contribution in [1.82, 2.24) is 10.6 Å². The summed E-state index contributed by atoms with van der Waals surface area (Å²) in [6.07, 6.45) is 8.78. The van der Waals surface area contributed by atoms with Gasteiger partial charge in [-0.25, -0.2) is 4.79 Å². The second-order valence-corrected chi connectivity index (χ2v) is 8.22. The van der Waals surface area contributed by atoms with E-state index >= 15 is 0 Å². The minimum absolute atomic E-state index is 0.0560. The summed E-state index contributed by atoms with van der Waals surface area (Å²) in [7, 11) is -0.832. The first-order valence-corrected chi connectivity index (χ1v) is 10.1. The van der Waals surface area contributed by atoms with E-state index in [1.165, 1.54) is 6.42 Å². The number of urea groups is 1. The van der Waals surface area contributed by atoms with Crippen molar-refractivity contribution in [3.8, 4) is 0 Å². The van der Waals surface area contributed by atoms with Crippen molar-refractivity contribution in [1.29, 1.82) is 0 Å². The topological polar surface area (TPSA) is 67.4 Å². The van der Waals surface area contributed by atoms with Crippen LogP contribution in [-0.2, 0) is 15.5 Å². The molecule has 1 aliphatic heterocycles. The minimum Gasteiger partial charge on any atom is -0.378 e. The number of ether oxygens (including phenoxy) is 1. The number of amides is 2. The molecular weight excluding hydrogens is 300 g/mol. The molecule has 2 N–H and O–H groups in total. The molecule has 4 atom stereocenters. The molecule has 6 heteroatoms. The van der Waals surface area contributed by atoms with Gasteiger partial charge in [0, 0.05) is 35.7 Å². The first-order valence-electron chi connectivity index (χ1n) is 8.74. The molecule has 0 aromatic carbocycles. The van der Waals surface area contributed by atoms with Crippen LogP contribution in [0.3, 0.4) is 0 Å². The van der Waals surface area contributed by atoms with Crippen molar-refractivity contribution in [3.05, 3.63) is 0 Å². The summed E-state index contributed by atoms with van der Waals surface area (Å²) in [6.45, 7) is 3.44. The van der Waals surface area contributed by atoms with Crippen LogP contribution in [0.1, 0.15) is 58.3 Å². The minimum atomic E-state index is -0.832. The summed E-state index contributed by atoms with van der Waals surface area (Å²) in [5.41, 5.74) is 0. The third-order valence-corrected chi connectivity index (χ3v) is 6.48. The van der Waals surface area contributed by atoms with Gasteiger partial charge in [0.25, 0.3) is 0 Å². The fraction of sp³-hybridized carbons (Fsp3) is 0.938. The average molecular weight is 330 g/mol. The number of carbonyl (C=O) groups excluding carboxylic acids is 1. The first-order chi connectivity index (χ1) is 10.7. The largest absolute Gasteiger partial charge is 0.378 e. The van der Waals surface area contributed by atoms with E-state index in [2.05, 4.69) is 10.6 Å². The molecule has 1 saturated carbocycles. The Hall–Kier alpha value is -0.620. The van der Waals surface area contributed by atoms with Crippen molar-refractivity contribution < 1.29 is 13.7 Å². The lowest BCUT2D eigenvalue weighted by molar-refractivity contribution is 0.0120. The monoisotopic (exact) mass is 330 g/mol. The molecule has 2 rings (SSSR count). The zero-order valence-electron chi connectivity index (χ0n) is 13.6. The predicted molar refractivity (Wildman–Crippen MR) is 89.5 cm³/mol. The molecular formula is C16H30N2O3S. The Morgan fingerprint density at radius 1 is 1.18 bits per heavy atom. The zero-order chi connectivity index (χ0) is 15.8. The number of carbonyl (C=O) groups is 1. The van der Waals surface area contributed by atoms with E-state index in [0.717, 1.165) is 51.6 Å². The van der Waals surface area contributed by atoms with E-state index in [0.29, 0.717) is 18.4 Å². The lowest BCUT2D eigenvalue weighted by atomic mass is 9.95. The Labute approximate surface area is 136 Å². The first kappa shape index (κ1) is 17.7. The molecule has 2 fully saturated rings. The Morgan fingerprint density at radius 2 is 1.95 bits per heavy atom. The maximum Gasteiger partial charge on any atom is 0.315 e. The van der Waals surface area contributed by atoms with Gasteiger partial charge in [0.15, 0.2) is 0 Å². The maximum absolute atomic E-state index is 12.1. The SMILES string of the molecule is CC[S@@](=O)[C@@H]1CCCC[C@@H]1NC(=O)NCC[C@@H]1CCCCO1. The molecule has 5 nitrogen and oxygen atoms in total. The summed E-state index contributed by atoms with van der Waals surface area (Å²) in [4.78, 5) is 12.0.